The fourth-order valence-electron chi connectivity index (χ4n) is 2.03. The molecule has 1 saturated heterocycles. The Hall–Kier alpha value is -1.32. The number of halogens is 6. The van der Waals surface area contributed by atoms with Crippen molar-refractivity contribution in [3.63, 3.8) is 0 Å². The summed E-state index contributed by atoms with van der Waals surface area (Å²) in [6.07, 6.45) is -9.85. The third-order valence-electron chi connectivity index (χ3n) is 3.05. The number of benzene rings is 1. The molecule has 2 N–H and O–H groups in total. The van der Waals surface area contributed by atoms with E-state index in [1.54, 1.807) is 0 Å². The Bertz CT molecular complexity index is 487. The molecule has 0 spiro atoms. The molecule has 1 aromatic carbocycles. The van der Waals surface area contributed by atoms with Crippen LogP contribution in [0.15, 0.2) is 18.2 Å². The lowest BCUT2D eigenvalue weighted by Crippen LogP contribution is -2.36. The van der Waals surface area contributed by atoms with Gasteiger partial charge in [0, 0.05) is 5.56 Å². The van der Waals surface area contributed by atoms with Crippen LogP contribution in [0.2, 0.25) is 0 Å². The molecule has 0 saturated carbocycles. The Kier molecular flexibility index (Phi) is 3.94. The molecule has 1 aromatic rings. The van der Waals surface area contributed by atoms with Gasteiger partial charge in [0.05, 0.1) is 30.9 Å². The highest BCUT2D eigenvalue weighted by molar-refractivity contribution is 5.36. The molecule has 1 aliphatic rings. The average molecular weight is 315 g/mol. The second-order valence-corrected chi connectivity index (χ2v) is 4.45. The van der Waals surface area contributed by atoms with Crippen molar-refractivity contribution in [1.82, 2.24) is 0 Å². The molecule has 3 nitrogen and oxygen atoms in total. The maximum absolute atomic E-state index is 12.8. The molecule has 0 aliphatic carbocycles. The molecule has 0 aromatic heterocycles. The molecule has 1 aliphatic heterocycles. The minimum absolute atomic E-state index is 0.0365. The van der Waals surface area contributed by atoms with Crippen LogP contribution >= 0.6 is 0 Å². The van der Waals surface area contributed by atoms with Crippen molar-refractivity contribution >= 4 is 0 Å². The quantitative estimate of drug-likeness (QED) is 0.854. The standard InChI is InChI=1S/C12H11F6NO2/c13-11(14,15)8-3-7(4-9(5-8)12(16,17)18)10(6-19)20-1-2-21-10/h3-5H,1-2,6,19H2. The third-order valence-corrected chi connectivity index (χ3v) is 3.05. The number of alkyl halides is 6. The summed E-state index contributed by atoms with van der Waals surface area (Å²) in [4.78, 5) is 0. The maximum Gasteiger partial charge on any atom is 0.416 e. The van der Waals surface area contributed by atoms with Crippen LogP contribution in [0.25, 0.3) is 0 Å². The van der Waals surface area contributed by atoms with E-state index in [-0.39, 0.29) is 19.3 Å². The molecule has 1 heterocycles. The van der Waals surface area contributed by atoms with E-state index in [1.165, 1.54) is 0 Å². The molecule has 0 radical (unpaired) electrons. The highest BCUT2D eigenvalue weighted by atomic mass is 19.4. The Labute approximate surface area is 115 Å². The normalized spacial score (nSPS) is 19.0. The van der Waals surface area contributed by atoms with E-state index in [9.17, 15) is 26.3 Å². The van der Waals surface area contributed by atoms with Gasteiger partial charge in [0.2, 0.25) is 5.79 Å². The van der Waals surface area contributed by atoms with Gasteiger partial charge in [0.25, 0.3) is 0 Å². The highest BCUT2D eigenvalue weighted by Gasteiger charge is 2.43. The smallest absolute Gasteiger partial charge is 0.342 e. The first-order valence-electron chi connectivity index (χ1n) is 5.86. The summed E-state index contributed by atoms with van der Waals surface area (Å²) in [5.74, 6) is -1.78. The summed E-state index contributed by atoms with van der Waals surface area (Å²) in [6, 6.07) is 1.17. The number of ether oxygens (including phenoxy) is 2. The van der Waals surface area contributed by atoms with Crippen LogP contribution in [-0.2, 0) is 27.6 Å². The Morgan fingerprint density at radius 1 is 0.905 bits per heavy atom. The van der Waals surface area contributed by atoms with E-state index in [1.807, 2.05) is 0 Å². The molecular formula is C12H11F6NO2. The van der Waals surface area contributed by atoms with Gasteiger partial charge in [-0.3, -0.25) is 0 Å². The number of nitrogens with two attached hydrogens (primary N) is 1. The monoisotopic (exact) mass is 315 g/mol. The minimum atomic E-state index is -4.93. The lowest BCUT2D eigenvalue weighted by molar-refractivity contribution is -0.160. The third kappa shape index (κ3) is 3.14. The maximum atomic E-state index is 12.8. The first-order chi connectivity index (χ1) is 9.58. The van der Waals surface area contributed by atoms with Gasteiger partial charge in [-0.2, -0.15) is 26.3 Å². The average Bonchev–Trinajstić information content (AvgIpc) is 2.86. The Balaban J connectivity index is 2.60. The van der Waals surface area contributed by atoms with E-state index in [0.717, 1.165) is 0 Å². The van der Waals surface area contributed by atoms with Crippen molar-refractivity contribution in [2.24, 2.45) is 5.73 Å². The van der Waals surface area contributed by atoms with Gasteiger partial charge < -0.3 is 15.2 Å². The van der Waals surface area contributed by atoms with Gasteiger partial charge >= 0.3 is 12.4 Å². The van der Waals surface area contributed by atoms with Crippen molar-refractivity contribution in [2.75, 3.05) is 19.8 Å². The Morgan fingerprint density at radius 3 is 1.67 bits per heavy atom. The van der Waals surface area contributed by atoms with E-state index < -0.39 is 41.4 Å². The molecule has 118 valence electrons. The molecule has 1 fully saturated rings. The topological polar surface area (TPSA) is 44.5 Å². The summed E-state index contributed by atoms with van der Waals surface area (Å²) >= 11 is 0. The first-order valence-corrected chi connectivity index (χ1v) is 5.86. The van der Waals surface area contributed by atoms with Gasteiger partial charge in [0.15, 0.2) is 0 Å². The molecular weight excluding hydrogens is 304 g/mol. The Morgan fingerprint density at radius 2 is 1.33 bits per heavy atom. The zero-order valence-corrected chi connectivity index (χ0v) is 10.5. The van der Waals surface area contributed by atoms with Gasteiger partial charge in [-0.1, -0.05) is 0 Å². The van der Waals surface area contributed by atoms with Crippen molar-refractivity contribution in [3.05, 3.63) is 34.9 Å². The number of hydrogen-bond donors (Lipinski definition) is 1. The van der Waals surface area contributed by atoms with Crippen LogP contribution in [0.5, 0.6) is 0 Å². The van der Waals surface area contributed by atoms with Gasteiger partial charge in [-0.25, -0.2) is 0 Å². The SMILES string of the molecule is NCC1(c2cc(C(F)(F)F)cc(C(F)(F)F)c2)OCCO1. The zero-order chi connectivity index (χ0) is 15.9. The lowest BCUT2D eigenvalue weighted by atomic mass is 9.98. The predicted molar refractivity (Wildman–Crippen MR) is 59.1 cm³/mol. The second-order valence-electron chi connectivity index (χ2n) is 4.45. The van der Waals surface area contributed by atoms with Crippen LogP contribution < -0.4 is 5.73 Å². The van der Waals surface area contributed by atoms with Crippen LogP contribution in [0.1, 0.15) is 16.7 Å². The molecule has 9 heteroatoms. The summed E-state index contributed by atoms with van der Waals surface area (Å²) in [6.45, 7) is -0.324. The van der Waals surface area contributed by atoms with Crippen molar-refractivity contribution in [2.45, 2.75) is 18.1 Å². The molecule has 0 amide bonds. The lowest BCUT2D eigenvalue weighted by Gasteiger charge is -2.27. The molecule has 2 rings (SSSR count). The van der Waals surface area contributed by atoms with Crippen molar-refractivity contribution in [1.29, 1.82) is 0 Å². The van der Waals surface area contributed by atoms with Gasteiger partial charge in [-0.05, 0) is 18.2 Å². The van der Waals surface area contributed by atoms with E-state index in [4.69, 9.17) is 15.2 Å². The summed E-state index contributed by atoms with van der Waals surface area (Å²) in [5.41, 5.74) is 2.15. The zero-order valence-electron chi connectivity index (χ0n) is 10.5. The first kappa shape index (κ1) is 16.1. The van der Waals surface area contributed by atoms with Gasteiger partial charge in [-0.15, -0.1) is 0 Å². The number of hydrogen-bond acceptors (Lipinski definition) is 3. The van der Waals surface area contributed by atoms with Gasteiger partial charge in [0.1, 0.15) is 0 Å². The van der Waals surface area contributed by atoms with E-state index in [0.29, 0.717) is 12.1 Å². The van der Waals surface area contributed by atoms with Crippen LogP contribution in [0.3, 0.4) is 0 Å². The fraction of sp³-hybridized carbons (Fsp3) is 0.500. The largest absolute Gasteiger partial charge is 0.416 e. The molecule has 0 atom stereocenters. The van der Waals surface area contributed by atoms with E-state index in [2.05, 4.69) is 0 Å². The molecule has 21 heavy (non-hydrogen) atoms. The molecule has 0 unspecified atom stereocenters. The summed E-state index contributed by atoms with van der Waals surface area (Å²) in [7, 11) is 0. The predicted octanol–water partition coefficient (Wildman–Crippen LogP) is 2.88. The van der Waals surface area contributed by atoms with Crippen LogP contribution in [0.4, 0.5) is 26.3 Å². The van der Waals surface area contributed by atoms with Crippen LogP contribution in [0, 0.1) is 0 Å². The summed E-state index contributed by atoms with van der Waals surface area (Å²) in [5, 5.41) is 0. The molecule has 0 bridgehead atoms. The van der Waals surface area contributed by atoms with E-state index >= 15 is 0 Å². The fourth-order valence-corrected chi connectivity index (χ4v) is 2.03. The van der Waals surface area contributed by atoms with Crippen molar-refractivity contribution < 1.29 is 35.8 Å². The summed E-state index contributed by atoms with van der Waals surface area (Å²) < 4.78 is 86.9. The van der Waals surface area contributed by atoms with Crippen LogP contribution in [-0.4, -0.2) is 19.8 Å². The number of rotatable bonds is 2. The highest BCUT2D eigenvalue weighted by Crippen LogP contribution is 2.40. The minimum Gasteiger partial charge on any atom is -0.342 e. The van der Waals surface area contributed by atoms with Crippen molar-refractivity contribution in [3.8, 4) is 0 Å². The second kappa shape index (κ2) is 5.15.